The first-order chi connectivity index (χ1) is 9.13. The SMILES string of the molecule is CCOC(=O)c1nc(-c2ccccc2[N+](=O)[O-])no1. The number of hydrogen-bond donors (Lipinski definition) is 0. The first-order valence-electron chi connectivity index (χ1n) is 5.38. The van der Waals surface area contributed by atoms with Crippen LogP contribution in [0.4, 0.5) is 5.69 Å². The summed E-state index contributed by atoms with van der Waals surface area (Å²) in [4.78, 5) is 25.4. The summed E-state index contributed by atoms with van der Waals surface area (Å²) in [5, 5.41) is 14.4. The normalized spacial score (nSPS) is 10.2. The lowest BCUT2D eigenvalue weighted by molar-refractivity contribution is -0.384. The number of nitro groups is 1. The Bertz CT molecular complexity index is 622. The molecule has 1 aromatic heterocycles. The van der Waals surface area contributed by atoms with Gasteiger partial charge >= 0.3 is 11.9 Å². The van der Waals surface area contributed by atoms with Crippen molar-refractivity contribution in [2.75, 3.05) is 6.61 Å². The van der Waals surface area contributed by atoms with Crippen molar-refractivity contribution in [3.8, 4) is 11.4 Å². The Labute approximate surface area is 107 Å². The number of ether oxygens (including phenoxy) is 1. The minimum absolute atomic E-state index is 0.0321. The highest BCUT2D eigenvalue weighted by atomic mass is 16.6. The van der Waals surface area contributed by atoms with E-state index in [0.717, 1.165) is 0 Å². The Morgan fingerprint density at radius 2 is 2.21 bits per heavy atom. The van der Waals surface area contributed by atoms with Gasteiger partial charge in [0.15, 0.2) is 0 Å². The highest BCUT2D eigenvalue weighted by Crippen LogP contribution is 2.27. The van der Waals surface area contributed by atoms with Crippen molar-refractivity contribution in [3.63, 3.8) is 0 Å². The molecule has 0 aliphatic carbocycles. The molecular weight excluding hydrogens is 254 g/mol. The van der Waals surface area contributed by atoms with Crippen LogP contribution in [-0.2, 0) is 4.74 Å². The van der Waals surface area contributed by atoms with E-state index in [0.29, 0.717) is 0 Å². The number of hydrogen-bond acceptors (Lipinski definition) is 7. The molecule has 0 atom stereocenters. The summed E-state index contributed by atoms with van der Waals surface area (Å²) in [5.74, 6) is -1.13. The molecule has 0 spiro atoms. The number of para-hydroxylation sites is 1. The zero-order valence-electron chi connectivity index (χ0n) is 9.90. The number of nitro benzene ring substituents is 1. The molecule has 2 rings (SSSR count). The van der Waals surface area contributed by atoms with Crippen molar-refractivity contribution < 1.29 is 19.0 Å². The monoisotopic (exact) mass is 263 g/mol. The van der Waals surface area contributed by atoms with Gasteiger partial charge in [0.1, 0.15) is 5.56 Å². The first-order valence-corrected chi connectivity index (χ1v) is 5.38. The van der Waals surface area contributed by atoms with Gasteiger partial charge < -0.3 is 9.26 Å². The summed E-state index contributed by atoms with van der Waals surface area (Å²) in [6.07, 6.45) is 0. The zero-order chi connectivity index (χ0) is 13.8. The summed E-state index contributed by atoms with van der Waals surface area (Å²) in [6.45, 7) is 1.80. The fourth-order valence-electron chi connectivity index (χ4n) is 1.43. The zero-order valence-corrected chi connectivity index (χ0v) is 9.90. The lowest BCUT2D eigenvalue weighted by Crippen LogP contribution is -2.04. The molecule has 0 saturated heterocycles. The third-order valence-corrected chi connectivity index (χ3v) is 2.22. The predicted octanol–water partition coefficient (Wildman–Crippen LogP) is 1.82. The maximum absolute atomic E-state index is 11.4. The van der Waals surface area contributed by atoms with Crippen molar-refractivity contribution >= 4 is 11.7 Å². The molecule has 19 heavy (non-hydrogen) atoms. The van der Waals surface area contributed by atoms with Crippen LogP contribution in [0, 0.1) is 10.1 Å². The van der Waals surface area contributed by atoms with Crippen molar-refractivity contribution in [1.82, 2.24) is 10.1 Å². The van der Waals surface area contributed by atoms with Gasteiger partial charge in [-0.1, -0.05) is 17.3 Å². The van der Waals surface area contributed by atoms with E-state index in [4.69, 9.17) is 4.52 Å². The van der Waals surface area contributed by atoms with Crippen LogP contribution >= 0.6 is 0 Å². The largest absolute Gasteiger partial charge is 0.459 e. The molecule has 0 fully saturated rings. The average molecular weight is 263 g/mol. The summed E-state index contributed by atoms with van der Waals surface area (Å²) >= 11 is 0. The number of carbonyl (C=O) groups excluding carboxylic acids is 1. The fraction of sp³-hybridized carbons (Fsp3) is 0.182. The highest BCUT2D eigenvalue weighted by molar-refractivity contribution is 5.84. The van der Waals surface area contributed by atoms with Gasteiger partial charge in [0.25, 0.3) is 5.69 Å². The molecule has 8 nitrogen and oxygen atoms in total. The lowest BCUT2D eigenvalue weighted by Gasteiger charge is -1.96. The van der Waals surface area contributed by atoms with Gasteiger partial charge in [-0.15, -0.1) is 0 Å². The number of aromatic nitrogens is 2. The van der Waals surface area contributed by atoms with Gasteiger partial charge in [-0.25, -0.2) is 4.79 Å². The number of rotatable bonds is 4. The highest BCUT2D eigenvalue weighted by Gasteiger charge is 2.22. The molecule has 0 unspecified atom stereocenters. The Morgan fingerprint density at radius 3 is 2.89 bits per heavy atom. The second-order valence-corrected chi connectivity index (χ2v) is 3.42. The van der Waals surface area contributed by atoms with Gasteiger partial charge in [-0.05, 0) is 13.0 Å². The van der Waals surface area contributed by atoms with E-state index in [-0.39, 0.29) is 29.6 Å². The van der Waals surface area contributed by atoms with Crippen LogP contribution in [0.3, 0.4) is 0 Å². The van der Waals surface area contributed by atoms with Gasteiger partial charge in [-0.2, -0.15) is 4.98 Å². The first kappa shape index (κ1) is 12.7. The Morgan fingerprint density at radius 1 is 1.47 bits per heavy atom. The van der Waals surface area contributed by atoms with Gasteiger partial charge in [0.2, 0.25) is 5.82 Å². The third-order valence-electron chi connectivity index (χ3n) is 2.22. The van der Waals surface area contributed by atoms with E-state index in [1.165, 1.54) is 18.2 Å². The van der Waals surface area contributed by atoms with E-state index in [1.807, 2.05) is 0 Å². The second kappa shape index (κ2) is 5.25. The molecule has 98 valence electrons. The molecule has 0 bridgehead atoms. The standard InChI is InChI=1S/C11H9N3O5/c1-2-18-11(15)10-12-9(13-19-10)7-5-3-4-6-8(7)14(16)17/h3-6H,2H2,1H3. The maximum Gasteiger partial charge on any atom is 0.397 e. The molecule has 2 aromatic rings. The lowest BCUT2D eigenvalue weighted by atomic mass is 10.2. The molecule has 0 aliphatic rings. The van der Waals surface area contributed by atoms with E-state index in [1.54, 1.807) is 13.0 Å². The van der Waals surface area contributed by atoms with Crippen molar-refractivity contribution in [2.45, 2.75) is 6.92 Å². The number of nitrogens with zero attached hydrogens (tertiary/aromatic N) is 3. The Kier molecular flexibility index (Phi) is 3.51. The fourth-order valence-corrected chi connectivity index (χ4v) is 1.43. The topological polar surface area (TPSA) is 108 Å². The molecule has 8 heteroatoms. The number of carbonyl (C=O) groups is 1. The summed E-state index contributed by atoms with van der Waals surface area (Å²) in [6, 6.07) is 5.91. The molecule has 0 radical (unpaired) electrons. The molecular formula is C11H9N3O5. The molecule has 1 aromatic carbocycles. The minimum atomic E-state index is -0.764. The predicted molar refractivity (Wildman–Crippen MR) is 62.3 cm³/mol. The van der Waals surface area contributed by atoms with Crippen LogP contribution in [0.25, 0.3) is 11.4 Å². The van der Waals surface area contributed by atoms with Gasteiger partial charge in [-0.3, -0.25) is 10.1 Å². The molecule has 0 aliphatic heterocycles. The summed E-state index contributed by atoms with van der Waals surface area (Å²) in [5.41, 5.74) is 0.00510. The molecule has 0 amide bonds. The van der Waals surface area contributed by atoms with Crippen LogP contribution in [0.1, 0.15) is 17.6 Å². The second-order valence-electron chi connectivity index (χ2n) is 3.42. The van der Waals surface area contributed by atoms with Gasteiger partial charge in [0, 0.05) is 6.07 Å². The maximum atomic E-state index is 11.4. The van der Waals surface area contributed by atoms with Crippen LogP contribution in [0.15, 0.2) is 28.8 Å². The summed E-state index contributed by atoms with van der Waals surface area (Å²) < 4.78 is 9.40. The Hall–Kier alpha value is -2.77. The van der Waals surface area contributed by atoms with E-state index >= 15 is 0 Å². The number of benzene rings is 1. The summed E-state index contributed by atoms with van der Waals surface area (Å²) in [7, 11) is 0. The number of esters is 1. The van der Waals surface area contributed by atoms with E-state index < -0.39 is 10.9 Å². The van der Waals surface area contributed by atoms with Crippen molar-refractivity contribution in [1.29, 1.82) is 0 Å². The quantitative estimate of drug-likeness (QED) is 0.470. The van der Waals surface area contributed by atoms with Crippen LogP contribution in [-0.4, -0.2) is 27.6 Å². The van der Waals surface area contributed by atoms with Crippen LogP contribution in [0.2, 0.25) is 0 Å². The van der Waals surface area contributed by atoms with E-state index in [2.05, 4.69) is 14.9 Å². The smallest absolute Gasteiger partial charge is 0.397 e. The van der Waals surface area contributed by atoms with Crippen molar-refractivity contribution in [3.05, 3.63) is 40.3 Å². The van der Waals surface area contributed by atoms with Gasteiger partial charge in [0.05, 0.1) is 11.5 Å². The van der Waals surface area contributed by atoms with Crippen LogP contribution in [0.5, 0.6) is 0 Å². The molecule has 1 heterocycles. The Balaban J connectivity index is 2.38. The van der Waals surface area contributed by atoms with Crippen LogP contribution < -0.4 is 0 Å². The molecule has 0 N–H and O–H groups in total. The van der Waals surface area contributed by atoms with Crippen molar-refractivity contribution in [2.24, 2.45) is 0 Å². The average Bonchev–Trinajstić information content (AvgIpc) is 2.88. The van der Waals surface area contributed by atoms with E-state index in [9.17, 15) is 14.9 Å². The molecule has 0 saturated carbocycles. The minimum Gasteiger partial charge on any atom is -0.459 e. The third kappa shape index (κ3) is 2.57.